The number of rotatable bonds is 7. The van der Waals surface area contributed by atoms with Crippen molar-refractivity contribution in [3.8, 4) is 17.0 Å². The SMILES string of the molecule is COc1cc(C(F)(F)F)ccc1S(=O)(=O)N[C@@H](c1cnn(C(C)(C)C)c1-c1cc(F)c(F)cc1F)C1CC1. The maximum atomic E-state index is 15.0. The Kier molecular flexibility index (Phi) is 7.06. The Balaban J connectivity index is 1.85. The van der Waals surface area contributed by atoms with Crippen molar-refractivity contribution in [1.29, 1.82) is 0 Å². The van der Waals surface area contributed by atoms with Gasteiger partial charge in [-0.2, -0.15) is 18.3 Å². The number of benzene rings is 2. The maximum Gasteiger partial charge on any atom is 0.416 e. The minimum atomic E-state index is -4.72. The van der Waals surface area contributed by atoms with Gasteiger partial charge in [-0.1, -0.05) is 0 Å². The zero-order chi connectivity index (χ0) is 28.2. The Morgan fingerprint density at radius 2 is 1.66 bits per heavy atom. The number of nitrogens with one attached hydrogen (secondary N) is 1. The smallest absolute Gasteiger partial charge is 0.416 e. The number of aromatic nitrogens is 2. The van der Waals surface area contributed by atoms with E-state index in [9.17, 15) is 34.8 Å². The molecule has 4 rings (SSSR count). The van der Waals surface area contributed by atoms with Crippen LogP contribution in [-0.4, -0.2) is 25.3 Å². The third kappa shape index (κ3) is 5.39. The summed E-state index contributed by atoms with van der Waals surface area (Å²) in [5.74, 6) is -4.53. The van der Waals surface area contributed by atoms with E-state index in [1.165, 1.54) is 10.9 Å². The quantitative estimate of drug-likeness (QED) is 0.276. The van der Waals surface area contributed by atoms with Crippen molar-refractivity contribution in [1.82, 2.24) is 14.5 Å². The number of sulfonamides is 1. The Labute approximate surface area is 215 Å². The predicted molar refractivity (Wildman–Crippen MR) is 126 cm³/mol. The summed E-state index contributed by atoms with van der Waals surface area (Å²) in [6.45, 7) is 5.23. The molecule has 6 nitrogen and oxygen atoms in total. The van der Waals surface area contributed by atoms with Crippen molar-refractivity contribution >= 4 is 10.0 Å². The van der Waals surface area contributed by atoms with E-state index in [1.807, 2.05) is 0 Å². The molecular weight excluding hydrogens is 536 g/mol. The van der Waals surface area contributed by atoms with Crippen molar-refractivity contribution in [2.45, 2.75) is 56.3 Å². The molecule has 0 unspecified atom stereocenters. The van der Waals surface area contributed by atoms with Crippen molar-refractivity contribution in [2.24, 2.45) is 5.92 Å². The minimum absolute atomic E-state index is 0.0490. The summed E-state index contributed by atoms with van der Waals surface area (Å²) in [6.07, 6.45) is -2.20. The van der Waals surface area contributed by atoms with Crippen LogP contribution in [0.25, 0.3) is 11.3 Å². The van der Waals surface area contributed by atoms with Gasteiger partial charge in [0.25, 0.3) is 0 Å². The Bertz CT molecular complexity index is 1470. The molecule has 1 aliphatic carbocycles. The summed E-state index contributed by atoms with van der Waals surface area (Å²) in [7, 11) is -3.43. The highest BCUT2D eigenvalue weighted by Crippen LogP contribution is 2.46. The molecule has 2 aromatic carbocycles. The lowest BCUT2D eigenvalue weighted by Crippen LogP contribution is -2.31. The second-order valence-electron chi connectivity index (χ2n) is 10.1. The number of ether oxygens (including phenoxy) is 1. The lowest BCUT2D eigenvalue weighted by atomic mass is 9.97. The van der Waals surface area contributed by atoms with E-state index in [1.54, 1.807) is 20.8 Å². The molecule has 1 heterocycles. The van der Waals surface area contributed by atoms with E-state index in [0.717, 1.165) is 13.2 Å². The second kappa shape index (κ2) is 9.60. The van der Waals surface area contributed by atoms with E-state index in [2.05, 4.69) is 9.82 Å². The fourth-order valence-electron chi connectivity index (χ4n) is 4.21. The lowest BCUT2D eigenvalue weighted by Gasteiger charge is -2.25. The molecule has 1 aromatic heterocycles. The van der Waals surface area contributed by atoms with Crippen LogP contribution in [0.5, 0.6) is 5.75 Å². The van der Waals surface area contributed by atoms with Gasteiger partial charge in [0.1, 0.15) is 16.5 Å². The van der Waals surface area contributed by atoms with Gasteiger partial charge in [-0.15, -0.1) is 0 Å². The molecule has 1 fully saturated rings. The molecular formula is C25H25F6N3O3S. The molecule has 0 aliphatic heterocycles. The Morgan fingerprint density at radius 1 is 1.03 bits per heavy atom. The normalized spacial score (nSPS) is 15.5. The van der Waals surface area contributed by atoms with E-state index >= 15 is 0 Å². The average Bonchev–Trinajstić information content (AvgIpc) is 3.56. The molecule has 206 valence electrons. The van der Waals surface area contributed by atoms with E-state index < -0.39 is 61.4 Å². The summed E-state index contributed by atoms with van der Waals surface area (Å²) in [4.78, 5) is -0.526. The van der Waals surface area contributed by atoms with Crippen molar-refractivity contribution in [2.75, 3.05) is 7.11 Å². The topological polar surface area (TPSA) is 73.2 Å². The number of halogens is 6. The second-order valence-corrected chi connectivity index (χ2v) is 11.8. The lowest BCUT2D eigenvalue weighted by molar-refractivity contribution is -0.137. The molecule has 1 atom stereocenters. The minimum Gasteiger partial charge on any atom is -0.495 e. The highest BCUT2D eigenvalue weighted by molar-refractivity contribution is 7.89. The fourth-order valence-corrected chi connectivity index (χ4v) is 5.65. The molecule has 0 bridgehead atoms. The number of methoxy groups -OCH3 is 1. The van der Waals surface area contributed by atoms with Gasteiger partial charge in [-0.25, -0.2) is 26.3 Å². The van der Waals surface area contributed by atoms with Crippen LogP contribution in [-0.2, 0) is 21.7 Å². The molecule has 0 saturated heterocycles. The summed E-state index contributed by atoms with van der Waals surface area (Å²) in [5, 5.41) is 4.31. The molecule has 13 heteroatoms. The molecule has 1 aliphatic rings. The predicted octanol–water partition coefficient (Wildman–Crippen LogP) is 6.18. The number of nitrogens with zero attached hydrogens (tertiary/aromatic N) is 2. The molecule has 3 aromatic rings. The van der Waals surface area contributed by atoms with Crippen molar-refractivity contribution < 1.29 is 39.5 Å². The van der Waals surface area contributed by atoms with Crippen molar-refractivity contribution in [3.63, 3.8) is 0 Å². The Hall–Kier alpha value is -3.06. The van der Waals surface area contributed by atoms with Gasteiger partial charge in [0, 0.05) is 17.2 Å². The zero-order valence-corrected chi connectivity index (χ0v) is 21.6. The summed E-state index contributed by atoms with van der Waals surface area (Å²) >= 11 is 0. The molecule has 0 amide bonds. The number of hydrogen-bond donors (Lipinski definition) is 1. The zero-order valence-electron chi connectivity index (χ0n) is 20.8. The molecule has 1 N–H and O–H groups in total. The highest BCUT2D eigenvalue weighted by Gasteiger charge is 2.40. The third-order valence-corrected chi connectivity index (χ3v) is 7.67. The molecule has 1 saturated carbocycles. The van der Waals surface area contributed by atoms with E-state index in [4.69, 9.17) is 4.74 Å². The first kappa shape index (κ1) is 28.0. The van der Waals surface area contributed by atoms with Crippen LogP contribution in [0, 0.1) is 23.4 Å². The van der Waals surface area contributed by atoms with E-state index in [-0.39, 0.29) is 22.7 Å². The average molecular weight is 562 g/mol. The van der Waals surface area contributed by atoms with Crippen LogP contribution in [0.4, 0.5) is 26.3 Å². The number of alkyl halides is 3. The molecule has 38 heavy (non-hydrogen) atoms. The van der Waals surface area contributed by atoms with Gasteiger partial charge in [0.15, 0.2) is 11.6 Å². The third-order valence-electron chi connectivity index (χ3n) is 6.19. The van der Waals surface area contributed by atoms with Gasteiger partial charge in [0.05, 0.1) is 36.1 Å². The van der Waals surface area contributed by atoms with Gasteiger partial charge < -0.3 is 4.74 Å². The fraction of sp³-hybridized carbons (Fsp3) is 0.400. The van der Waals surface area contributed by atoms with Gasteiger partial charge in [-0.3, -0.25) is 4.68 Å². The first-order valence-electron chi connectivity index (χ1n) is 11.6. The van der Waals surface area contributed by atoms with Gasteiger partial charge in [-0.05, 0) is 63.8 Å². The van der Waals surface area contributed by atoms with Crippen LogP contribution in [0.3, 0.4) is 0 Å². The molecule has 0 spiro atoms. The highest BCUT2D eigenvalue weighted by atomic mass is 32.2. The summed E-state index contributed by atoms with van der Waals surface area (Å²) in [6, 6.07) is 2.10. The van der Waals surface area contributed by atoms with Gasteiger partial charge in [0.2, 0.25) is 10.0 Å². The summed E-state index contributed by atoms with van der Waals surface area (Å²) < 4.78 is 118. The monoisotopic (exact) mass is 561 g/mol. The first-order valence-corrected chi connectivity index (χ1v) is 13.0. The van der Waals surface area contributed by atoms with Crippen LogP contribution in [0.2, 0.25) is 0 Å². The molecule has 0 radical (unpaired) electrons. The van der Waals surface area contributed by atoms with Crippen LogP contribution < -0.4 is 9.46 Å². The van der Waals surface area contributed by atoms with Gasteiger partial charge >= 0.3 is 6.18 Å². The van der Waals surface area contributed by atoms with E-state index in [0.29, 0.717) is 37.1 Å². The maximum absolute atomic E-state index is 15.0. The largest absolute Gasteiger partial charge is 0.495 e. The standard InChI is InChI=1S/C25H25F6N3O3S/c1-24(2,3)34-23(15-10-18(27)19(28)11-17(15)26)16(12-32-34)22(13-5-6-13)33-38(35,36)21-8-7-14(25(29,30)31)9-20(21)37-4/h7-13,22,33H,5-6H2,1-4H3/t22-/m1/s1. The van der Waals surface area contributed by atoms with Crippen LogP contribution >= 0.6 is 0 Å². The van der Waals surface area contributed by atoms with Crippen LogP contribution in [0.15, 0.2) is 41.4 Å². The number of hydrogen-bond acceptors (Lipinski definition) is 4. The Morgan fingerprint density at radius 3 is 2.21 bits per heavy atom. The van der Waals surface area contributed by atoms with Crippen molar-refractivity contribution in [3.05, 3.63) is 65.1 Å². The first-order chi connectivity index (χ1) is 17.5. The van der Waals surface area contributed by atoms with Crippen LogP contribution in [0.1, 0.15) is 50.8 Å². The summed E-state index contributed by atoms with van der Waals surface area (Å²) in [5.41, 5.74) is -1.92.